The third-order valence-electron chi connectivity index (χ3n) is 8.27. The molecule has 0 N–H and O–H groups in total. The first-order valence-electron chi connectivity index (χ1n) is 16.1. The van der Waals surface area contributed by atoms with Crippen LogP contribution in [-0.2, 0) is 45.2 Å². The highest BCUT2D eigenvalue weighted by atomic mass is 32.2. The van der Waals surface area contributed by atoms with Crippen LogP contribution in [0, 0.1) is 6.92 Å². The molecule has 5 heteroatoms. The number of benzene rings is 5. The van der Waals surface area contributed by atoms with E-state index < -0.39 is 0 Å². The Balaban J connectivity index is 1.33. The number of ether oxygens (including phenoxy) is 4. The molecule has 1 saturated heterocycles. The topological polar surface area (TPSA) is 36.9 Å². The molecule has 46 heavy (non-hydrogen) atoms. The molecular formula is C41H42O4S. The zero-order chi connectivity index (χ0) is 31.4. The number of hydrogen-bond donors (Lipinski definition) is 0. The van der Waals surface area contributed by atoms with Crippen LogP contribution in [-0.4, -0.2) is 36.3 Å². The number of thioether (sulfide) groups is 1. The maximum atomic E-state index is 7.07. The maximum absolute atomic E-state index is 7.07. The molecular weight excluding hydrogens is 589 g/mol. The smallest absolute Gasteiger partial charge is 0.114 e. The Morgan fingerprint density at radius 3 is 1.54 bits per heavy atom. The molecule has 4 nitrogen and oxygen atoms in total. The predicted molar refractivity (Wildman–Crippen MR) is 186 cm³/mol. The van der Waals surface area contributed by atoms with Crippen molar-refractivity contribution in [1.29, 1.82) is 0 Å². The van der Waals surface area contributed by atoms with Crippen LogP contribution in [0.5, 0.6) is 0 Å². The van der Waals surface area contributed by atoms with E-state index in [1.54, 1.807) is 0 Å². The van der Waals surface area contributed by atoms with Gasteiger partial charge in [-0.3, -0.25) is 0 Å². The van der Waals surface area contributed by atoms with Crippen molar-refractivity contribution >= 4 is 11.8 Å². The Kier molecular flexibility index (Phi) is 11.7. The molecule has 0 spiro atoms. The Morgan fingerprint density at radius 1 is 0.522 bits per heavy atom. The van der Waals surface area contributed by atoms with Gasteiger partial charge in [0.15, 0.2) is 0 Å². The van der Waals surface area contributed by atoms with Crippen LogP contribution >= 0.6 is 11.8 Å². The lowest BCUT2D eigenvalue weighted by molar-refractivity contribution is -0.216. The van der Waals surface area contributed by atoms with Crippen molar-refractivity contribution in [3.8, 4) is 0 Å². The maximum Gasteiger partial charge on any atom is 0.114 e. The quantitative estimate of drug-likeness (QED) is 0.123. The van der Waals surface area contributed by atoms with Gasteiger partial charge in [-0.15, -0.1) is 11.8 Å². The molecule has 1 aliphatic heterocycles. The Morgan fingerprint density at radius 2 is 1.00 bits per heavy atom. The summed E-state index contributed by atoms with van der Waals surface area (Å²) >= 11 is 1.82. The van der Waals surface area contributed by atoms with Gasteiger partial charge in [0.2, 0.25) is 0 Å². The zero-order valence-electron chi connectivity index (χ0n) is 26.3. The third-order valence-corrected chi connectivity index (χ3v) is 9.66. The van der Waals surface area contributed by atoms with Gasteiger partial charge in [-0.25, -0.2) is 0 Å². The fraction of sp³-hybridized carbons (Fsp3) is 0.268. The third kappa shape index (κ3) is 9.18. The summed E-state index contributed by atoms with van der Waals surface area (Å²) < 4.78 is 27.2. The Labute approximate surface area is 277 Å². The minimum atomic E-state index is -0.352. The fourth-order valence-corrected chi connectivity index (χ4v) is 7.13. The molecule has 236 valence electrons. The standard InChI is InChI=1S/C41H42O4S/c1-31-22-24-36(25-23-31)46-41-37(26-32-14-6-2-7-15-32)45-38(30-42-27-33-16-8-3-9-17-33)39(43-28-34-18-10-4-11-19-34)40(41)44-29-35-20-12-5-13-21-35/h2-25,37-41H,26-30H2,1H3/t37-,38-,39-,40+,41-/m1/s1. The molecule has 5 atom stereocenters. The van der Waals surface area contributed by atoms with Crippen LogP contribution in [0.2, 0.25) is 0 Å². The minimum Gasteiger partial charge on any atom is -0.374 e. The Bertz CT molecular complexity index is 1570. The van der Waals surface area contributed by atoms with Crippen molar-refractivity contribution in [3.63, 3.8) is 0 Å². The molecule has 0 aromatic heterocycles. The van der Waals surface area contributed by atoms with Gasteiger partial charge in [-0.1, -0.05) is 139 Å². The lowest BCUT2D eigenvalue weighted by atomic mass is 9.93. The van der Waals surface area contributed by atoms with E-state index in [9.17, 15) is 0 Å². The molecule has 1 fully saturated rings. The van der Waals surface area contributed by atoms with E-state index in [1.165, 1.54) is 16.0 Å². The van der Waals surface area contributed by atoms with Crippen LogP contribution in [0.4, 0.5) is 0 Å². The summed E-state index contributed by atoms with van der Waals surface area (Å²) in [6.07, 6.45) is -0.304. The van der Waals surface area contributed by atoms with Crippen LogP contribution in [0.3, 0.4) is 0 Å². The average molecular weight is 631 g/mol. The van der Waals surface area contributed by atoms with Crippen molar-refractivity contribution in [2.45, 2.75) is 67.7 Å². The first kappa shape index (κ1) is 32.2. The lowest BCUT2D eigenvalue weighted by Crippen LogP contribution is -2.59. The minimum absolute atomic E-state index is 0.0298. The summed E-state index contributed by atoms with van der Waals surface area (Å²) in [4.78, 5) is 1.19. The molecule has 5 aromatic carbocycles. The van der Waals surface area contributed by atoms with Crippen molar-refractivity contribution in [1.82, 2.24) is 0 Å². The first-order chi connectivity index (χ1) is 22.7. The molecule has 5 aromatic rings. The van der Waals surface area contributed by atoms with Crippen LogP contribution in [0.25, 0.3) is 0 Å². The second-order valence-electron chi connectivity index (χ2n) is 11.8. The molecule has 0 aliphatic carbocycles. The van der Waals surface area contributed by atoms with E-state index in [1.807, 2.05) is 54.2 Å². The van der Waals surface area contributed by atoms with Gasteiger partial charge < -0.3 is 18.9 Å². The second-order valence-corrected chi connectivity index (χ2v) is 13.1. The number of hydrogen-bond acceptors (Lipinski definition) is 5. The molecule has 0 saturated carbocycles. The number of rotatable bonds is 14. The largest absolute Gasteiger partial charge is 0.374 e. The van der Waals surface area contributed by atoms with Crippen molar-refractivity contribution in [3.05, 3.63) is 173 Å². The van der Waals surface area contributed by atoms with Gasteiger partial charge in [0, 0.05) is 4.90 Å². The van der Waals surface area contributed by atoms with Gasteiger partial charge in [-0.2, -0.15) is 0 Å². The van der Waals surface area contributed by atoms with Crippen molar-refractivity contribution in [2.75, 3.05) is 6.61 Å². The van der Waals surface area contributed by atoms with E-state index in [4.69, 9.17) is 18.9 Å². The molecule has 0 bridgehead atoms. The summed E-state index contributed by atoms with van der Waals surface area (Å²) in [6, 6.07) is 50.3. The molecule has 0 unspecified atom stereocenters. The van der Waals surface area contributed by atoms with Gasteiger partial charge >= 0.3 is 0 Å². The molecule has 0 radical (unpaired) electrons. The van der Waals surface area contributed by atoms with E-state index in [0.717, 1.165) is 23.1 Å². The second kappa shape index (κ2) is 16.7. The Hall–Kier alpha value is -3.71. The summed E-state index contributed by atoms with van der Waals surface area (Å²) in [6.45, 7) is 3.97. The van der Waals surface area contributed by atoms with Gasteiger partial charge in [0.05, 0.1) is 37.8 Å². The molecule has 1 heterocycles. The van der Waals surface area contributed by atoms with Crippen LogP contribution < -0.4 is 0 Å². The fourth-order valence-electron chi connectivity index (χ4n) is 5.84. The highest BCUT2D eigenvalue weighted by Gasteiger charge is 2.48. The van der Waals surface area contributed by atoms with E-state index in [0.29, 0.717) is 26.4 Å². The van der Waals surface area contributed by atoms with Crippen LogP contribution in [0.15, 0.2) is 150 Å². The van der Waals surface area contributed by atoms with E-state index in [-0.39, 0.29) is 29.7 Å². The summed E-state index contributed by atoms with van der Waals surface area (Å²) in [5, 5.41) is -0.0298. The molecule has 0 amide bonds. The predicted octanol–water partition coefficient (Wildman–Crippen LogP) is 8.85. The normalized spacial score (nSPS) is 21.2. The zero-order valence-corrected chi connectivity index (χ0v) is 27.1. The van der Waals surface area contributed by atoms with E-state index in [2.05, 4.69) is 110 Å². The summed E-state index contributed by atoms with van der Waals surface area (Å²) in [7, 11) is 0. The first-order valence-corrected chi connectivity index (χ1v) is 16.9. The monoisotopic (exact) mass is 630 g/mol. The van der Waals surface area contributed by atoms with Crippen molar-refractivity contribution < 1.29 is 18.9 Å². The van der Waals surface area contributed by atoms with Crippen LogP contribution in [0.1, 0.15) is 27.8 Å². The molecule has 1 aliphatic rings. The lowest BCUT2D eigenvalue weighted by Gasteiger charge is -2.46. The average Bonchev–Trinajstić information content (AvgIpc) is 3.10. The van der Waals surface area contributed by atoms with Crippen molar-refractivity contribution in [2.24, 2.45) is 0 Å². The summed E-state index contributed by atoms with van der Waals surface area (Å²) in [5.41, 5.74) is 5.84. The van der Waals surface area contributed by atoms with E-state index >= 15 is 0 Å². The molecule has 6 rings (SSSR count). The highest BCUT2D eigenvalue weighted by Crippen LogP contribution is 2.39. The highest BCUT2D eigenvalue weighted by molar-refractivity contribution is 8.00. The number of aryl methyl sites for hydroxylation is 1. The van der Waals surface area contributed by atoms with Gasteiger partial charge in [0.1, 0.15) is 18.3 Å². The van der Waals surface area contributed by atoms with Gasteiger partial charge in [0.25, 0.3) is 0 Å². The summed E-state index contributed by atoms with van der Waals surface area (Å²) in [5.74, 6) is 0. The SMILES string of the molecule is Cc1ccc(S[C@H]2[C@@H](OCc3ccccc3)[C@H](OCc3ccccc3)[C@@H](COCc3ccccc3)O[C@@H]2Cc2ccccc2)cc1. The van der Waals surface area contributed by atoms with Gasteiger partial charge in [-0.05, 0) is 47.7 Å².